The van der Waals surface area contributed by atoms with E-state index in [2.05, 4.69) is 20.0 Å². The predicted octanol–water partition coefficient (Wildman–Crippen LogP) is 2.35. The largest absolute Gasteiger partial charge is 0.304 e. The highest BCUT2D eigenvalue weighted by Crippen LogP contribution is 2.26. The van der Waals surface area contributed by atoms with Gasteiger partial charge in [-0.1, -0.05) is 19.3 Å². The summed E-state index contributed by atoms with van der Waals surface area (Å²) in [4.78, 5) is 18.9. The average molecular weight is 275 g/mol. The molecule has 2 aliphatic rings. The lowest BCUT2D eigenvalue weighted by Crippen LogP contribution is -2.51. The fourth-order valence-corrected chi connectivity index (χ4v) is 3.50. The number of piperazine rings is 1. The molecule has 1 saturated carbocycles. The number of hydrogen-bond donors (Lipinski definition) is 0. The van der Waals surface area contributed by atoms with Gasteiger partial charge in [0, 0.05) is 19.1 Å². The van der Waals surface area contributed by atoms with Crippen molar-refractivity contribution in [2.75, 3.05) is 31.1 Å². The zero-order chi connectivity index (χ0) is 13.8. The van der Waals surface area contributed by atoms with Crippen molar-refractivity contribution in [3.8, 4) is 0 Å². The predicted molar refractivity (Wildman–Crippen MR) is 79.1 cm³/mol. The van der Waals surface area contributed by atoms with Gasteiger partial charge in [-0.25, -0.2) is 4.98 Å². The molecular formula is C15H23N4O+. The van der Waals surface area contributed by atoms with E-state index in [0.29, 0.717) is 5.69 Å². The van der Waals surface area contributed by atoms with Gasteiger partial charge >= 0.3 is 5.82 Å². The monoisotopic (exact) mass is 275 g/mol. The van der Waals surface area contributed by atoms with Gasteiger partial charge in [0.2, 0.25) is 0 Å². The second kappa shape index (κ2) is 6.31. The van der Waals surface area contributed by atoms with E-state index >= 15 is 0 Å². The number of nitroso groups, excluding NO2 is 1. The highest BCUT2D eigenvalue weighted by molar-refractivity contribution is 5.57. The number of rotatable bonds is 3. The fraction of sp³-hybridized carbons (Fsp3) is 0.667. The number of nitrogens with zero attached hydrogens (tertiary/aromatic N) is 3. The minimum Gasteiger partial charge on any atom is -0.293 e. The molecule has 2 heterocycles. The van der Waals surface area contributed by atoms with E-state index in [1.165, 1.54) is 32.1 Å². The van der Waals surface area contributed by atoms with Gasteiger partial charge in [-0.3, -0.25) is 9.80 Å². The lowest BCUT2D eigenvalue weighted by molar-refractivity contribution is -0.363. The van der Waals surface area contributed by atoms with Crippen molar-refractivity contribution in [1.82, 2.24) is 4.90 Å². The third-order valence-electron chi connectivity index (χ3n) is 4.63. The molecule has 20 heavy (non-hydrogen) atoms. The van der Waals surface area contributed by atoms with Crippen LogP contribution >= 0.6 is 0 Å². The number of aromatic amines is 1. The van der Waals surface area contributed by atoms with Crippen LogP contribution in [-0.2, 0) is 0 Å². The van der Waals surface area contributed by atoms with Crippen molar-refractivity contribution in [1.29, 1.82) is 0 Å². The Kier molecular flexibility index (Phi) is 4.25. The van der Waals surface area contributed by atoms with Gasteiger partial charge in [0.25, 0.3) is 0 Å². The van der Waals surface area contributed by atoms with Crippen LogP contribution in [-0.4, -0.2) is 37.1 Å². The number of pyridine rings is 1. The highest BCUT2D eigenvalue weighted by atomic mass is 16.3. The Morgan fingerprint density at radius 3 is 2.55 bits per heavy atom. The zero-order valence-electron chi connectivity index (χ0n) is 11.9. The second-order valence-corrected chi connectivity index (χ2v) is 5.81. The Bertz CT molecular complexity index is 451. The zero-order valence-corrected chi connectivity index (χ0v) is 11.9. The van der Waals surface area contributed by atoms with E-state index in [9.17, 15) is 4.91 Å². The summed E-state index contributed by atoms with van der Waals surface area (Å²) >= 11 is 0. The molecule has 1 aliphatic heterocycles. The Morgan fingerprint density at radius 2 is 1.85 bits per heavy atom. The first-order valence-corrected chi connectivity index (χ1v) is 7.71. The second-order valence-electron chi connectivity index (χ2n) is 5.81. The Hall–Kier alpha value is -1.49. The van der Waals surface area contributed by atoms with E-state index in [0.717, 1.165) is 38.0 Å². The van der Waals surface area contributed by atoms with E-state index < -0.39 is 0 Å². The Balaban J connectivity index is 1.61. The van der Waals surface area contributed by atoms with Gasteiger partial charge in [0.1, 0.15) is 0 Å². The van der Waals surface area contributed by atoms with Crippen molar-refractivity contribution in [2.24, 2.45) is 5.18 Å². The summed E-state index contributed by atoms with van der Waals surface area (Å²) in [5.41, 5.74) is 0.513. The molecule has 0 amide bonds. The summed E-state index contributed by atoms with van der Waals surface area (Å²) in [6.45, 7) is 4.12. The smallest absolute Gasteiger partial charge is 0.293 e. The number of nitrogens with one attached hydrogen (secondary N) is 1. The van der Waals surface area contributed by atoms with Crippen LogP contribution in [0.1, 0.15) is 32.1 Å². The molecule has 0 bridgehead atoms. The van der Waals surface area contributed by atoms with Crippen LogP contribution in [0.25, 0.3) is 0 Å². The Morgan fingerprint density at radius 1 is 1.10 bits per heavy atom. The molecule has 0 radical (unpaired) electrons. The first-order valence-electron chi connectivity index (χ1n) is 7.71. The molecular weight excluding hydrogens is 252 g/mol. The van der Waals surface area contributed by atoms with Gasteiger partial charge in [-0.2, -0.15) is 0 Å². The van der Waals surface area contributed by atoms with E-state index in [-0.39, 0.29) is 0 Å². The molecule has 2 fully saturated rings. The molecule has 0 aromatic carbocycles. The SMILES string of the molecule is O=Nc1ccc[nH+]c1N1CCN(C2CCCCC2)CC1. The maximum atomic E-state index is 10.9. The molecule has 1 saturated heterocycles. The molecule has 1 aromatic rings. The Labute approximate surface area is 120 Å². The quantitative estimate of drug-likeness (QED) is 0.796. The van der Waals surface area contributed by atoms with E-state index in [1.54, 1.807) is 6.07 Å². The molecule has 1 aromatic heterocycles. The highest BCUT2D eigenvalue weighted by Gasteiger charge is 2.30. The minimum atomic E-state index is 0.513. The molecule has 0 atom stereocenters. The van der Waals surface area contributed by atoms with E-state index in [1.807, 2.05) is 12.3 Å². The summed E-state index contributed by atoms with van der Waals surface area (Å²) in [5.74, 6) is 0.866. The van der Waals surface area contributed by atoms with Crippen LogP contribution in [0.15, 0.2) is 23.5 Å². The molecule has 3 rings (SSSR count). The maximum absolute atomic E-state index is 10.9. The number of aromatic nitrogens is 1. The first kappa shape index (κ1) is 13.5. The van der Waals surface area contributed by atoms with Crippen LogP contribution in [0, 0.1) is 4.91 Å². The van der Waals surface area contributed by atoms with Crippen molar-refractivity contribution in [2.45, 2.75) is 38.1 Å². The lowest BCUT2D eigenvalue weighted by atomic mass is 9.94. The standard InChI is InChI=1S/C15H22N4O/c20-17-14-7-4-8-16-15(14)19-11-9-18(10-12-19)13-5-2-1-3-6-13/h4,7-8,13H,1-3,5-6,9-12H2/p+1. The third-order valence-corrected chi connectivity index (χ3v) is 4.63. The average Bonchev–Trinajstić information content (AvgIpc) is 2.56. The van der Waals surface area contributed by atoms with Crippen molar-refractivity contribution in [3.05, 3.63) is 23.2 Å². The fourth-order valence-electron chi connectivity index (χ4n) is 3.50. The van der Waals surface area contributed by atoms with Crippen LogP contribution < -0.4 is 9.88 Å². The lowest BCUT2D eigenvalue weighted by Gasteiger charge is -2.38. The van der Waals surface area contributed by atoms with Crippen LogP contribution in [0.4, 0.5) is 11.5 Å². The molecule has 0 spiro atoms. The van der Waals surface area contributed by atoms with Gasteiger partial charge in [-0.05, 0) is 30.2 Å². The van der Waals surface area contributed by atoms with Gasteiger partial charge < -0.3 is 0 Å². The number of anilines is 1. The molecule has 5 nitrogen and oxygen atoms in total. The molecule has 5 heteroatoms. The first-order chi connectivity index (χ1) is 9.88. The summed E-state index contributed by atoms with van der Waals surface area (Å²) in [6, 6.07) is 4.37. The van der Waals surface area contributed by atoms with Crippen LogP contribution in [0.2, 0.25) is 0 Å². The van der Waals surface area contributed by atoms with Crippen molar-refractivity contribution in [3.63, 3.8) is 0 Å². The van der Waals surface area contributed by atoms with Gasteiger partial charge in [0.05, 0.1) is 19.3 Å². The van der Waals surface area contributed by atoms with Gasteiger partial charge in [0.15, 0.2) is 5.69 Å². The third kappa shape index (κ3) is 2.82. The summed E-state index contributed by atoms with van der Waals surface area (Å²) in [7, 11) is 0. The van der Waals surface area contributed by atoms with Crippen molar-refractivity contribution >= 4 is 11.5 Å². The van der Waals surface area contributed by atoms with Crippen LogP contribution in [0.5, 0.6) is 0 Å². The van der Waals surface area contributed by atoms with Crippen LogP contribution in [0.3, 0.4) is 0 Å². The molecule has 0 unspecified atom stereocenters. The topological polar surface area (TPSA) is 50.1 Å². The maximum Gasteiger partial charge on any atom is 0.304 e. The molecule has 1 N–H and O–H groups in total. The number of H-pyrrole nitrogens is 1. The summed E-state index contributed by atoms with van der Waals surface area (Å²) in [5, 5.41) is 3.12. The summed E-state index contributed by atoms with van der Waals surface area (Å²) < 4.78 is 0. The summed E-state index contributed by atoms with van der Waals surface area (Å²) in [6.07, 6.45) is 8.76. The van der Waals surface area contributed by atoms with Crippen molar-refractivity contribution < 1.29 is 4.98 Å². The van der Waals surface area contributed by atoms with Gasteiger partial charge in [-0.15, -0.1) is 4.91 Å². The number of hydrogen-bond acceptors (Lipinski definition) is 4. The minimum absolute atomic E-state index is 0.513. The van der Waals surface area contributed by atoms with E-state index in [4.69, 9.17) is 0 Å². The normalized spacial score (nSPS) is 21.9. The molecule has 108 valence electrons. The molecule has 1 aliphatic carbocycles.